The van der Waals surface area contributed by atoms with Gasteiger partial charge in [0.15, 0.2) is 0 Å². The summed E-state index contributed by atoms with van der Waals surface area (Å²) in [6.07, 6.45) is 4.09. The van der Waals surface area contributed by atoms with Crippen molar-refractivity contribution < 1.29 is 19.4 Å². The fourth-order valence-corrected chi connectivity index (χ4v) is 1.43. The van der Waals surface area contributed by atoms with Crippen molar-refractivity contribution in [3.8, 4) is 0 Å². The first kappa shape index (κ1) is 15.0. The Balaban J connectivity index is 2.25. The minimum Gasteiger partial charge on any atom is -0.480 e. The summed E-state index contributed by atoms with van der Waals surface area (Å²) < 4.78 is 4.79. The number of methoxy groups -OCH3 is 1. The molecule has 1 atom stereocenters. The third-order valence-corrected chi connectivity index (χ3v) is 2.42. The Labute approximate surface area is 110 Å². The quantitative estimate of drug-likeness (QED) is 0.519. The molecule has 0 saturated carbocycles. The zero-order chi connectivity index (χ0) is 14.1. The van der Waals surface area contributed by atoms with E-state index in [1.54, 1.807) is 12.4 Å². The van der Waals surface area contributed by atoms with Crippen LogP contribution in [0.1, 0.15) is 12.2 Å². The molecule has 1 heterocycles. The maximum absolute atomic E-state index is 11.5. The van der Waals surface area contributed by atoms with Gasteiger partial charge in [-0.05, 0) is 0 Å². The van der Waals surface area contributed by atoms with Gasteiger partial charge in [-0.1, -0.05) is 0 Å². The minimum absolute atomic E-state index is 0.220. The van der Waals surface area contributed by atoms with E-state index in [-0.39, 0.29) is 13.0 Å². The molecule has 1 aromatic heterocycles. The van der Waals surface area contributed by atoms with E-state index in [9.17, 15) is 9.59 Å². The molecule has 0 saturated heterocycles. The van der Waals surface area contributed by atoms with Crippen LogP contribution in [0.3, 0.4) is 0 Å². The maximum Gasteiger partial charge on any atom is 0.326 e. The highest BCUT2D eigenvalue weighted by Crippen LogP contribution is 1.93. The van der Waals surface area contributed by atoms with Crippen LogP contribution in [0.2, 0.25) is 0 Å². The van der Waals surface area contributed by atoms with Crippen molar-refractivity contribution in [2.45, 2.75) is 18.9 Å². The number of rotatable bonds is 8. The SMILES string of the molecule is COCCC(NC(=O)NCCc1ncc[nH]1)C(=O)O. The van der Waals surface area contributed by atoms with Gasteiger partial charge in [0.2, 0.25) is 0 Å². The second-order valence-electron chi connectivity index (χ2n) is 3.86. The minimum atomic E-state index is -1.08. The molecule has 2 amide bonds. The van der Waals surface area contributed by atoms with E-state index >= 15 is 0 Å². The summed E-state index contributed by atoms with van der Waals surface area (Å²) in [5.41, 5.74) is 0. The first-order valence-electron chi connectivity index (χ1n) is 5.88. The predicted octanol–water partition coefficient (Wildman–Crippen LogP) is -0.259. The van der Waals surface area contributed by atoms with Gasteiger partial charge in [-0.2, -0.15) is 0 Å². The molecule has 0 bridgehead atoms. The van der Waals surface area contributed by atoms with Crippen LogP contribution < -0.4 is 10.6 Å². The fraction of sp³-hybridized carbons (Fsp3) is 0.545. The third kappa shape index (κ3) is 5.87. The number of ether oxygens (including phenoxy) is 1. The van der Waals surface area contributed by atoms with Crippen LogP contribution in [0.25, 0.3) is 0 Å². The van der Waals surface area contributed by atoms with Crippen LogP contribution in [0.4, 0.5) is 4.79 Å². The van der Waals surface area contributed by atoms with Gasteiger partial charge in [0.25, 0.3) is 0 Å². The first-order chi connectivity index (χ1) is 9.13. The summed E-state index contributed by atoms with van der Waals surface area (Å²) >= 11 is 0. The van der Waals surface area contributed by atoms with Gasteiger partial charge < -0.3 is 25.5 Å². The number of hydrogen-bond donors (Lipinski definition) is 4. The summed E-state index contributed by atoms with van der Waals surface area (Å²) in [4.78, 5) is 29.3. The second kappa shape index (κ2) is 8.09. The van der Waals surface area contributed by atoms with E-state index in [4.69, 9.17) is 9.84 Å². The molecule has 4 N–H and O–H groups in total. The van der Waals surface area contributed by atoms with E-state index in [1.165, 1.54) is 7.11 Å². The lowest BCUT2D eigenvalue weighted by Crippen LogP contribution is -2.46. The largest absolute Gasteiger partial charge is 0.480 e. The van der Waals surface area contributed by atoms with Crippen LogP contribution in [0.5, 0.6) is 0 Å². The Bertz CT molecular complexity index is 393. The Hall–Kier alpha value is -2.09. The number of carbonyl (C=O) groups excluding carboxylic acids is 1. The van der Waals surface area contributed by atoms with Gasteiger partial charge in [0, 0.05) is 45.5 Å². The van der Waals surface area contributed by atoms with Crippen LogP contribution in [0.15, 0.2) is 12.4 Å². The summed E-state index contributed by atoms with van der Waals surface area (Å²) in [6.45, 7) is 0.638. The van der Waals surface area contributed by atoms with Crippen molar-refractivity contribution in [3.63, 3.8) is 0 Å². The molecule has 8 nitrogen and oxygen atoms in total. The summed E-state index contributed by atoms with van der Waals surface area (Å²) in [6, 6.07) is -1.47. The van der Waals surface area contributed by atoms with Gasteiger partial charge in [0.1, 0.15) is 11.9 Å². The van der Waals surface area contributed by atoms with Gasteiger partial charge in [-0.25, -0.2) is 14.6 Å². The molecule has 1 unspecified atom stereocenters. The molecule has 0 aliphatic heterocycles. The fourth-order valence-electron chi connectivity index (χ4n) is 1.43. The Morgan fingerprint density at radius 3 is 2.95 bits per heavy atom. The molecule has 1 rings (SSSR count). The smallest absolute Gasteiger partial charge is 0.326 e. The Morgan fingerprint density at radius 1 is 1.58 bits per heavy atom. The number of hydrogen-bond acceptors (Lipinski definition) is 4. The number of nitrogens with zero attached hydrogens (tertiary/aromatic N) is 1. The number of amides is 2. The second-order valence-corrected chi connectivity index (χ2v) is 3.86. The summed E-state index contributed by atoms with van der Waals surface area (Å²) in [5, 5.41) is 13.9. The lowest BCUT2D eigenvalue weighted by Gasteiger charge is -2.14. The molecule has 19 heavy (non-hydrogen) atoms. The van der Waals surface area contributed by atoms with Crippen molar-refractivity contribution in [1.29, 1.82) is 0 Å². The number of carboxylic acids is 1. The molecule has 8 heteroatoms. The molecule has 0 spiro atoms. The van der Waals surface area contributed by atoms with Crippen LogP contribution in [-0.2, 0) is 16.0 Å². The van der Waals surface area contributed by atoms with Crippen LogP contribution >= 0.6 is 0 Å². The highest BCUT2D eigenvalue weighted by atomic mass is 16.5. The van der Waals surface area contributed by atoms with Gasteiger partial charge in [-0.15, -0.1) is 0 Å². The standard InChI is InChI=1S/C11H18N4O4/c1-19-7-3-8(10(16)17)15-11(18)14-4-2-9-12-5-6-13-9/h5-6,8H,2-4,7H2,1H3,(H,12,13)(H,16,17)(H2,14,15,18). The van der Waals surface area contributed by atoms with E-state index < -0.39 is 18.0 Å². The van der Waals surface area contributed by atoms with Crippen molar-refractivity contribution in [2.24, 2.45) is 0 Å². The average Bonchev–Trinajstić information content (AvgIpc) is 2.87. The number of aliphatic carboxylic acids is 1. The maximum atomic E-state index is 11.5. The molecule has 106 valence electrons. The molecule has 0 aromatic carbocycles. The zero-order valence-electron chi connectivity index (χ0n) is 10.7. The monoisotopic (exact) mass is 270 g/mol. The van der Waals surface area contributed by atoms with Crippen LogP contribution in [0, 0.1) is 0 Å². The van der Waals surface area contributed by atoms with Crippen molar-refractivity contribution in [3.05, 3.63) is 18.2 Å². The molecule has 0 aliphatic rings. The molecule has 0 fully saturated rings. The van der Waals surface area contributed by atoms with Gasteiger partial charge in [0.05, 0.1) is 0 Å². The lowest BCUT2D eigenvalue weighted by molar-refractivity contribution is -0.139. The van der Waals surface area contributed by atoms with E-state index in [0.29, 0.717) is 13.0 Å². The Morgan fingerprint density at radius 2 is 2.37 bits per heavy atom. The summed E-state index contributed by atoms with van der Waals surface area (Å²) in [7, 11) is 1.47. The van der Waals surface area contributed by atoms with E-state index in [0.717, 1.165) is 5.82 Å². The number of carbonyl (C=O) groups is 2. The van der Waals surface area contributed by atoms with Gasteiger partial charge >= 0.3 is 12.0 Å². The Kier molecular flexibility index (Phi) is 6.37. The predicted molar refractivity (Wildman–Crippen MR) is 66.7 cm³/mol. The number of aromatic amines is 1. The topological polar surface area (TPSA) is 116 Å². The number of aromatic nitrogens is 2. The molecule has 0 radical (unpaired) electrons. The molecule has 1 aromatic rings. The average molecular weight is 270 g/mol. The van der Waals surface area contributed by atoms with Crippen molar-refractivity contribution >= 4 is 12.0 Å². The van der Waals surface area contributed by atoms with Crippen molar-refractivity contribution in [2.75, 3.05) is 20.3 Å². The first-order valence-corrected chi connectivity index (χ1v) is 5.88. The highest BCUT2D eigenvalue weighted by molar-refractivity contribution is 5.82. The number of carboxylic acid groups (broad SMARTS) is 1. The van der Waals surface area contributed by atoms with Gasteiger partial charge in [-0.3, -0.25) is 0 Å². The lowest BCUT2D eigenvalue weighted by atomic mass is 10.2. The molecular formula is C11H18N4O4. The summed E-state index contributed by atoms with van der Waals surface area (Å²) in [5.74, 6) is -0.326. The molecule has 0 aliphatic carbocycles. The number of imidazole rings is 1. The van der Waals surface area contributed by atoms with E-state index in [2.05, 4.69) is 20.6 Å². The third-order valence-electron chi connectivity index (χ3n) is 2.42. The number of H-pyrrole nitrogens is 1. The van der Waals surface area contributed by atoms with Crippen LogP contribution in [-0.4, -0.2) is 53.4 Å². The molecular weight excluding hydrogens is 252 g/mol. The van der Waals surface area contributed by atoms with Crippen molar-refractivity contribution in [1.82, 2.24) is 20.6 Å². The van der Waals surface area contributed by atoms with E-state index in [1.807, 2.05) is 0 Å². The number of urea groups is 1. The normalized spacial score (nSPS) is 11.8. The number of nitrogens with one attached hydrogen (secondary N) is 3. The highest BCUT2D eigenvalue weighted by Gasteiger charge is 2.19. The zero-order valence-corrected chi connectivity index (χ0v) is 10.7.